The molecule has 0 radical (unpaired) electrons. The molecule has 1 N–H and O–H groups in total. The molecular formula is C9H12FN3. The first-order chi connectivity index (χ1) is 6.36. The third-order valence-electron chi connectivity index (χ3n) is 2.10. The summed E-state index contributed by atoms with van der Waals surface area (Å²) in [4.78, 5) is 6.11. The van der Waals surface area contributed by atoms with E-state index in [1.165, 1.54) is 0 Å². The van der Waals surface area contributed by atoms with E-state index in [0.717, 1.165) is 12.4 Å². The summed E-state index contributed by atoms with van der Waals surface area (Å²) in [6.45, 7) is 1.88. The number of rotatable bonds is 1. The summed E-state index contributed by atoms with van der Waals surface area (Å²) in [6, 6.07) is 5.67. The summed E-state index contributed by atoms with van der Waals surface area (Å²) in [6.07, 6.45) is 0.792. The van der Waals surface area contributed by atoms with Gasteiger partial charge in [-0.05, 0) is 12.1 Å². The molecule has 1 fully saturated rings. The van der Waals surface area contributed by atoms with Crippen molar-refractivity contribution in [2.24, 2.45) is 0 Å². The molecule has 1 atom stereocenters. The predicted octanol–water partition coefficient (Wildman–Crippen LogP) is 0.787. The van der Waals surface area contributed by atoms with Crippen LogP contribution in [0.5, 0.6) is 0 Å². The number of aromatic nitrogens is 1. The highest BCUT2D eigenvalue weighted by molar-refractivity contribution is 5.38. The Morgan fingerprint density at radius 2 is 2.46 bits per heavy atom. The van der Waals surface area contributed by atoms with Crippen molar-refractivity contribution in [3.8, 4) is 0 Å². The van der Waals surface area contributed by atoms with Crippen LogP contribution >= 0.6 is 0 Å². The molecule has 0 spiro atoms. The standard InChI is InChI=1S/C9H12FN3/c10-8-7-13(6-5-11-8)9-3-1-2-4-12-9/h1-4,8,11H,5-7H2. The summed E-state index contributed by atoms with van der Waals surface area (Å²) in [5.74, 6) is 0.853. The van der Waals surface area contributed by atoms with E-state index in [1.54, 1.807) is 6.20 Å². The Balaban J connectivity index is 2.08. The zero-order chi connectivity index (χ0) is 9.10. The molecule has 1 unspecified atom stereocenters. The van der Waals surface area contributed by atoms with Gasteiger partial charge in [-0.1, -0.05) is 6.07 Å². The monoisotopic (exact) mass is 181 g/mol. The molecule has 1 saturated heterocycles. The minimum atomic E-state index is -0.934. The van der Waals surface area contributed by atoms with Gasteiger partial charge in [0.2, 0.25) is 0 Å². The highest BCUT2D eigenvalue weighted by Crippen LogP contribution is 2.11. The third kappa shape index (κ3) is 1.95. The van der Waals surface area contributed by atoms with Crippen molar-refractivity contribution >= 4 is 5.82 Å². The molecule has 13 heavy (non-hydrogen) atoms. The highest BCUT2D eigenvalue weighted by Gasteiger charge is 2.18. The maximum atomic E-state index is 12.9. The van der Waals surface area contributed by atoms with E-state index >= 15 is 0 Å². The molecule has 2 rings (SSSR count). The molecular weight excluding hydrogens is 169 g/mol. The lowest BCUT2D eigenvalue weighted by Crippen LogP contribution is -2.48. The van der Waals surface area contributed by atoms with Crippen LogP contribution in [-0.2, 0) is 0 Å². The lowest BCUT2D eigenvalue weighted by molar-refractivity contribution is 0.256. The van der Waals surface area contributed by atoms with Crippen LogP contribution in [-0.4, -0.2) is 30.9 Å². The fraction of sp³-hybridized carbons (Fsp3) is 0.444. The van der Waals surface area contributed by atoms with Crippen LogP contribution in [0.3, 0.4) is 0 Å². The van der Waals surface area contributed by atoms with E-state index in [0.29, 0.717) is 13.1 Å². The van der Waals surface area contributed by atoms with Gasteiger partial charge in [0.1, 0.15) is 5.82 Å². The smallest absolute Gasteiger partial charge is 0.168 e. The second-order valence-corrected chi connectivity index (χ2v) is 3.06. The van der Waals surface area contributed by atoms with Crippen molar-refractivity contribution in [1.82, 2.24) is 10.3 Å². The SMILES string of the molecule is FC1CN(c2ccccn2)CCN1. The summed E-state index contributed by atoms with van der Waals surface area (Å²) in [7, 11) is 0. The van der Waals surface area contributed by atoms with E-state index in [4.69, 9.17) is 0 Å². The average molecular weight is 181 g/mol. The average Bonchev–Trinajstić information content (AvgIpc) is 2.19. The lowest BCUT2D eigenvalue weighted by atomic mass is 10.3. The van der Waals surface area contributed by atoms with Crippen molar-refractivity contribution in [3.05, 3.63) is 24.4 Å². The summed E-state index contributed by atoms with van der Waals surface area (Å²) >= 11 is 0. The number of nitrogens with zero attached hydrogens (tertiary/aromatic N) is 2. The molecule has 1 aliphatic heterocycles. The van der Waals surface area contributed by atoms with Gasteiger partial charge in [-0.2, -0.15) is 0 Å². The topological polar surface area (TPSA) is 28.2 Å². The summed E-state index contributed by atoms with van der Waals surface area (Å²) in [5, 5.41) is 2.75. The number of anilines is 1. The van der Waals surface area contributed by atoms with E-state index in [9.17, 15) is 4.39 Å². The van der Waals surface area contributed by atoms with Gasteiger partial charge in [0.05, 0.1) is 6.54 Å². The Morgan fingerprint density at radius 3 is 3.15 bits per heavy atom. The third-order valence-corrected chi connectivity index (χ3v) is 2.10. The van der Waals surface area contributed by atoms with E-state index < -0.39 is 6.30 Å². The number of pyridine rings is 1. The largest absolute Gasteiger partial charge is 0.351 e. The fourth-order valence-corrected chi connectivity index (χ4v) is 1.45. The Labute approximate surface area is 76.6 Å². The predicted molar refractivity (Wildman–Crippen MR) is 49.3 cm³/mol. The van der Waals surface area contributed by atoms with Crippen LogP contribution in [0.1, 0.15) is 0 Å². The van der Waals surface area contributed by atoms with Gasteiger partial charge in [0.25, 0.3) is 0 Å². The molecule has 2 heterocycles. The van der Waals surface area contributed by atoms with E-state index in [1.807, 2.05) is 23.1 Å². The van der Waals surface area contributed by atoms with Gasteiger partial charge >= 0.3 is 0 Å². The highest BCUT2D eigenvalue weighted by atomic mass is 19.1. The normalized spacial score (nSPS) is 23.2. The number of alkyl halides is 1. The molecule has 1 aliphatic rings. The van der Waals surface area contributed by atoms with Crippen molar-refractivity contribution in [2.45, 2.75) is 6.30 Å². The Kier molecular flexibility index (Phi) is 2.40. The second-order valence-electron chi connectivity index (χ2n) is 3.06. The van der Waals surface area contributed by atoms with Gasteiger partial charge in [0.15, 0.2) is 6.30 Å². The van der Waals surface area contributed by atoms with Crippen LogP contribution < -0.4 is 10.2 Å². The zero-order valence-corrected chi connectivity index (χ0v) is 7.28. The van der Waals surface area contributed by atoms with Gasteiger partial charge in [-0.25, -0.2) is 9.37 Å². The number of nitrogens with one attached hydrogen (secondary N) is 1. The fourth-order valence-electron chi connectivity index (χ4n) is 1.45. The molecule has 0 saturated carbocycles. The van der Waals surface area contributed by atoms with Crippen molar-refractivity contribution in [3.63, 3.8) is 0 Å². The molecule has 1 aromatic heterocycles. The number of halogens is 1. The van der Waals surface area contributed by atoms with Crippen molar-refractivity contribution in [2.75, 3.05) is 24.5 Å². The van der Waals surface area contributed by atoms with Crippen LogP contribution in [0.15, 0.2) is 24.4 Å². The summed E-state index contributed by atoms with van der Waals surface area (Å²) < 4.78 is 12.9. The quantitative estimate of drug-likeness (QED) is 0.649. The van der Waals surface area contributed by atoms with E-state index in [-0.39, 0.29) is 0 Å². The second kappa shape index (κ2) is 3.70. The van der Waals surface area contributed by atoms with Gasteiger partial charge in [-0.3, -0.25) is 5.32 Å². The van der Waals surface area contributed by atoms with Crippen LogP contribution in [0.4, 0.5) is 10.2 Å². The number of hydrogen-bond acceptors (Lipinski definition) is 3. The van der Waals surface area contributed by atoms with Gasteiger partial charge in [0, 0.05) is 19.3 Å². The lowest BCUT2D eigenvalue weighted by Gasteiger charge is -2.30. The van der Waals surface area contributed by atoms with Crippen molar-refractivity contribution in [1.29, 1.82) is 0 Å². The Morgan fingerprint density at radius 1 is 1.54 bits per heavy atom. The molecule has 70 valence electrons. The maximum Gasteiger partial charge on any atom is 0.168 e. The molecule has 0 aliphatic carbocycles. The first kappa shape index (κ1) is 8.44. The maximum absolute atomic E-state index is 12.9. The first-order valence-corrected chi connectivity index (χ1v) is 4.40. The molecule has 0 bridgehead atoms. The molecule has 4 heteroatoms. The molecule has 3 nitrogen and oxygen atoms in total. The Hall–Kier alpha value is -1.16. The van der Waals surface area contributed by atoms with E-state index in [2.05, 4.69) is 10.3 Å². The molecule has 1 aromatic rings. The Bertz CT molecular complexity index is 265. The van der Waals surface area contributed by atoms with Crippen LogP contribution in [0.2, 0.25) is 0 Å². The van der Waals surface area contributed by atoms with Crippen LogP contribution in [0, 0.1) is 0 Å². The first-order valence-electron chi connectivity index (χ1n) is 4.40. The van der Waals surface area contributed by atoms with Crippen molar-refractivity contribution < 1.29 is 4.39 Å². The van der Waals surface area contributed by atoms with Gasteiger partial charge < -0.3 is 4.90 Å². The summed E-state index contributed by atoms with van der Waals surface area (Å²) in [5.41, 5.74) is 0. The minimum absolute atomic E-state index is 0.386. The van der Waals surface area contributed by atoms with Crippen LogP contribution in [0.25, 0.3) is 0 Å². The molecule has 0 aromatic carbocycles. The van der Waals surface area contributed by atoms with Gasteiger partial charge in [-0.15, -0.1) is 0 Å². The number of piperazine rings is 1. The minimum Gasteiger partial charge on any atom is -0.351 e. The zero-order valence-electron chi connectivity index (χ0n) is 7.28. The number of hydrogen-bond donors (Lipinski definition) is 1. The molecule has 0 amide bonds.